The van der Waals surface area contributed by atoms with Gasteiger partial charge in [-0.1, -0.05) is 4.57 Å². The summed E-state index contributed by atoms with van der Waals surface area (Å²) in [7, 11) is -3.41. The summed E-state index contributed by atoms with van der Waals surface area (Å²) < 4.78 is 34.5. The molecule has 0 aliphatic rings. The summed E-state index contributed by atoms with van der Waals surface area (Å²) in [5.41, 5.74) is 0. The van der Waals surface area contributed by atoms with Crippen LogP contribution >= 0.6 is 8.46 Å². The molecule has 0 aliphatic carbocycles. The summed E-state index contributed by atoms with van der Waals surface area (Å²) in [6, 6.07) is 0. The minimum absolute atomic E-state index is 0.238. The number of hydrogen-bond donors (Lipinski definition) is 0. The molecule has 18 heavy (non-hydrogen) atoms. The van der Waals surface area contributed by atoms with E-state index in [2.05, 4.69) is 0 Å². The predicted molar refractivity (Wildman–Crippen MR) is 74.7 cm³/mol. The molecule has 0 rings (SSSR count). The Kier molecular flexibility index (Phi) is 9.20. The predicted octanol–water partition coefficient (Wildman–Crippen LogP) is 2.46. The van der Waals surface area contributed by atoms with Gasteiger partial charge in [0, 0.05) is 26.4 Å². The van der Waals surface area contributed by atoms with Crippen molar-refractivity contribution in [2.45, 2.75) is 39.2 Å². The van der Waals surface area contributed by atoms with Crippen molar-refractivity contribution < 1.29 is 22.9 Å². The van der Waals surface area contributed by atoms with Crippen molar-refractivity contribution in [1.82, 2.24) is 0 Å². The Balaban J connectivity index is 5.22. The van der Waals surface area contributed by atoms with Crippen molar-refractivity contribution in [2.24, 2.45) is 0 Å². The van der Waals surface area contributed by atoms with Crippen molar-refractivity contribution in [2.75, 3.05) is 33.0 Å². The van der Waals surface area contributed by atoms with E-state index < -0.39 is 22.0 Å². The van der Waals surface area contributed by atoms with Crippen LogP contribution in [-0.4, -0.2) is 46.6 Å². The summed E-state index contributed by atoms with van der Waals surface area (Å²) in [4.78, 5) is -0.955. The zero-order chi connectivity index (χ0) is 14.1. The molecule has 0 bridgehead atoms. The topological polar surface area (TPSA) is 54.0 Å². The highest BCUT2D eigenvalue weighted by Gasteiger charge is 2.64. The van der Waals surface area contributed by atoms with Crippen LogP contribution in [0.1, 0.15) is 27.7 Å². The first-order valence-corrected chi connectivity index (χ1v) is 9.67. The zero-order valence-electron chi connectivity index (χ0n) is 12.1. The highest BCUT2D eigenvalue weighted by atomic mass is 31.1. The van der Waals surface area contributed by atoms with Crippen LogP contribution in [0.15, 0.2) is 0 Å². The van der Waals surface area contributed by atoms with E-state index in [4.69, 9.17) is 18.3 Å². The van der Waals surface area contributed by atoms with Gasteiger partial charge in [0.1, 0.15) is 6.61 Å². The minimum Gasteiger partial charge on any atom is -0.390 e. The third-order valence-corrected chi connectivity index (χ3v) is 8.36. The maximum atomic E-state index is 11.7. The van der Waals surface area contributed by atoms with E-state index in [-0.39, 0.29) is 6.61 Å². The van der Waals surface area contributed by atoms with Gasteiger partial charge >= 0.3 is 22.0 Å². The Labute approximate surface area is 113 Å². The fraction of sp³-hybridized carbons (Fsp3) is 1.00. The smallest absolute Gasteiger partial charge is 0.390 e. The van der Waals surface area contributed by atoms with E-state index in [9.17, 15) is 4.57 Å². The molecular formula is C11H26O5PSi+. The van der Waals surface area contributed by atoms with Gasteiger partial charge in [0.25, 0.3) is 0 Å². The maximum absolute atomic E-state index is 11.7. The highest BCUT2D eigenvalue weighted by Crippen LogP contribution is 2.37. The highest BCUT2D eigenvalue weighted by molar-refractivity contribution is 7.31. The van der Waals surface area contributed by atoms with E-state index in [1.807, 2.05) is 34.2 Å². The van der Waals surface area contributed by atoms with E-state index in [1.165, 1.54) is 0 Å². The first-order chi connectivity index (χ1) is 8.55. The maximum Gasteiger partial charge on any atom is 0.429 e. The summed E-state index contributed by atoms with van der Waals surface area (Å²) in [5, 5.41) is 0. The average Bonchev–Trinajstić information content (AvgIpc) is 2.35. The van der Waals surface area contributed by atoms with Crippen LogP contribution in [0.25, 0.3) is 0 Å². The van der Waals surface area contributed by atoms with Crippen molar-refractivity contribution in [1.29, 1.82) is 0 Å². The molecule has 108 valence electrons. The molecule has 0 saturated carbocycles. The van der Waals surface area contributed by atoms with Gasteiger partial charge < -0.3 is 18.3 Å². The largest absolute Gasteiger partial charge is 0.429 e. The van der Waals surface area contributed by atoms with Gasteiger partial charge in [-0.15, -0.1) is 0 Å². The first-order valence-electron chi connectivity index (χ1n) is 6.44. The summed E-state index contributed by atoms with van der Waals surface area (Å²) in [5.74, 6) is 0. The second-order valence-corrected chi connectivity index (χ2v) is 8.60. The van der Waals surface area contributed by atoms with Crippen molar-refractivity contribution >= 4 is 17.0 Å². The van der Waals surface area contributed by atoms with Gasteiger partial charge in [0.15, 0.2) is 0 Å². The lowest BCUT2D eigenvalue weighted by molar-refractivity contribution is -0.0246. The van der Waals surface area contributed by atoms with Crippen LogP contribution in [-0.2, 0) is 22.9 Å². The van der Waals surface area contributed by atoms with Crippen LogP contribution in [0, 0.1) is 0 Å². The van der Waals surface area contributed by atoms with E-state index in [0.717, 1.165) is 0 Å². The Morgan fingerprint density at radius 2 is 1.56 bits per heavy atom. The lowest BCUT2D eigenvalue weighted by Gasteiger charge is -2.34. The van der Waals surface area contributed by atoms with Crippen LogP contribution in [0.4, 0.5) is 0 Å². The summed E-state index contributed by atoms with van der Waals surface area (Å²) >= 11 is 0. The summed E-state index contributed by atoms with van der Waals surface area (Å²) in [6.45, 7) is 11.7. The van der Waals surface area contributed by atoms with Crippen LogP contribution in [0.5, 0.6) is 0 Å². The second kappa shape index (κ2) is 9.12. The number of ether oxygens (including phenoxy) is 2. The second-order valence-electron chi connectivity index (χ2n) is 3.81. The van der Waals surface area contributed by atoms with Gasteiger partial charge in [-0.3, -0.25) is 0 Å². The zero-order valence-corrected chi connectivity index (χ0v) is 14.1. The van der Waals surface area contributed by atoms with Gasteiger partial charge in [0.05, 0.1) is 0 Å². The van der Waals surface area contributed by atoms with Gasteiger partial charge in [0.2, 0.25) is 0 Å². The number of hydrogen-bond acceptors (Lipinski definition) is 5. The molecule has 0 heterocycles. The molecule has 2 atom stereocenters. The molecule has 0 saturated heterocycles. The van der Waals surface area contributed by atoms with Crippen LogP contribution < -0.4 is 0 Å². The number of rotatable bonds is 11. The Morgan fingerprint density at radius 1 is 1.00 bits per heavy atom. The monoisotopic (exact) mass is 297 g/mol. The molecule has 0 aromatic rings. The lowest BCUT2D eigenvalue weighted by Crippen LogP contribution is -2.61. The fourth-order valence-electron chi connectivity index (χ4n) is 1.77. The molecule has 5 nitrogen and oxygen atoms in total. The van der Waals surface area contributed by atoms with E-state index in [1.54, 1.807) is 0 Å². The third-order valence-electron chi connectivity index (χ3n) is 2.64. The van der Waals surface area contributed by atoms with Crippen molar-refractivity contribution in [3.8, 4) is 0 Å². The molecule has 0 aromatic heterocycles. The molecule has 0 fully saturated rings. The SMILES string of the molecule is CCOCC(OCC)([PH+]=O)[Si](C)(OCC)OCC. The van der Waals surface area contributed by atoms with Gasteiger partial charge in [-0.05, 0) is 34.2 Å². The summed E-state index contributed by atoms with van der Waals surface area (Å²) in [6.07, 6.45) is 0. The molecule has 7 heteroatoms. The Morgan fingerprint density at radius 3 is 1.89 bits per heavy atom. The van der Waals surface area contributed by atoms with Crippen molar-refractivity contribution in [3.63, 3.8) is 0 Å². The molecule has 0 radical (unpaired) electrons. The first kappa shape index (κ1) is 18.2. The van der Waals surface area contributed by atoms with Crippen LogP contribution in [0.3, 0.4) is 0 Å². The standard InChI is InChI=1S/C11H25O5PSi/c1-6-13-10-11(17-12,14-7-2)18(5,15-8-3)16-9-4/h6-10H2,1-5H3/p+1. The van der Waals surface area contributed by atoms with E-state index >= 15 is 0 Å². The van der Waals surface area contributed by atoms with Gasteiger partial charge in [-0.2, -0.15) is 0 Å². The molecule has 0 spiro atoms. The quantitative estimate of drug-likeness (QED) is 0.433. The fourth-order valence-corrected chi connectivity index (χ4v) is 5.73. The lowest BCUT2D eigenvalue weighted by atomic mass is 10.7. The molecular weight excluding hydrogens is 271 g/mol. The van der Waals surface area contributed by atoms with Crippen LogP contribution in [0.2, 0.25) is 6.55 Å². The molecule has 0 amide bonds. The van der Waals surface area contributed by atoms with Gasteiger partial charge in [-0.25, -0.2) is 0 Å². The molecule has 2 unspecified atom stereocenters. The Hall–Kier alpha value is 0.157. The Bertz CT molecular complexity index is 235. The molecule has 0 aliphatic heterocycles. The molecule has 0 aromatic carbocycles. The molecule has 0 N–H and O–H groups in total. The van der Waals surface area contributed by atoms with E-state index in [0.29, 0.717) is 26.4 Å². The average molecular weight is 297 g/mol. The van der Waals surface area contributed by atoms with Crippen molar-refractivity contribution in [3.05, 3.63) is 0 Å². The normalized spacial score (nSPS) is 15.8. The third kappa shape index (κ3) is 4.37. The minimum atomic E-state index is -2.73.